The van der Waals surface area contributed by atoms with Crippen molar-refractivity contribution in [3.05, 3.63) is 63.6 Å². The van der Waals surface area contributed by atoms with Crippen molar-refractivity contribution in [3.63, 3.8) is 0 Å². The van der Waals surface area contributed by atoms with Crippen LogP contribution in [0.15, 0.2) is 42.5 Å². The van der Waals surface area contributed by atoms with Gasteiger partial charge in [0.1, 0.15) is 6.04 Å². The summed E-state index contributed by atoms with van der Waals surface area (Å²) in [5.74, 6) is -1.11. The molecule has 6 nitrogen and oxygen atoms in total. The number of amides is 3. The van der Waals surface area contributed by atoms with E-state index in [1.165, 1.54) is 0 Å². The van der Waals surface area contributed by atoms with Gasteiger partial charge in [0.2, 0.25) is 11.8 Å². The third kappa shape index (κ3) is 4.30. The predicted molar refractivity (Wildman–Crippen MR) is 104 cm³/mol. The summed E-state index contributed by atoms with van der Waals surface area (Å²) in [6.45, 7) is 1.74. The minimum absolute atomic E-state index is 0.0496. The van der Waals surface area contributed by atoms with E-state index < -0.39 is 11.9 Å². The van der Waals surface area contributed by atoms with Gasteiger partial charge in [0.05, 0.1) is 18.5 Å². The third-order valence-electron chi connectivity index (χ3n) is 4.29. The molecule has 1 aliphatic rings. The Kier molecular flexibility index (Phi) is 5.79. The molecule has 1 atom stereocenters. The Morgan fingerprint density at radius 1 is 1.15 bits per heavy atom. The van der Waals surface area contributed by atoms with E-state index in [0.717, 1.165) is 10.5 Å². The van der Waals surface area contributed by atoms with Crippen LogP contribution in [0.25, 0.3) is 0 Å². The summed E-state index contributed by atoms with van der Waals surface area (Å²) in [4.78, 5) is 38.1. The van der Waals surface area contributed by atoms with Crippen LogP contribution >= 0.6 is 23.2 Å². The molecule has 2 aromatic rings. The number of carbonyl (C=O) groups is 3. The van der Waals surface area contributed by atoms with Gasteiger partial charge in [0.15, 0.2) is 0 Å². The second-order valence-electron chi connectivity index (χ2n) is 6.20. The number of anilines is 1. The number of hydrogen-bond donors (Lipinski definition) is 2. The van der Waals surface area contributed by atoms with Crippen molar-refractivity contribution < 1.29 is 14.4 Å². The molecule has 0 spiro atoms. The fourth-order valence-electron chi connectivity index (χ4n) is 2.84. The lowest BCUT2D eigenvalue weighted by atomic mass is 10.1. The monoisotopic (exact) mass is 405 g/mol. The standard InChI is InChI=1S/C19H17Cl2N3O3/c1-11-14(21)3-2-4-16(11)24-18(26)10-15(19(24)27)22-23-17(25)9-12-5-7-13(20)8-6-12/h2-8,15,22H,9-10H2,1H3,(H,23,25)/t15-/m0/s1. The smallest absolute Gasteiger partial charge is 0.253 e. The number of rotatable bonds is 5. The highest BCUT2D eigenvalue weighted by Gasteiger charge is 2.40. The summed E-state index contributed by atoms with van der Waals surface area (Å²) < 4.78 is 0. The normalized spacial score (nSPS) is 16.7. The molecule has 2 aromatic carbocycles. The van der Waals surface area contributed by atoms with Crippen LogP contribution in [0.2, 0.25) is 10.0 Å². The molecule has 3 rings (SSSR count). The highest BCUT2D eigenvalue weighted by Crippen LogP contribution is 2.30. The molecule has 0 radical (unpaired) electrons. The van der Waals surface area contributed by atoms with Crippen molar-refractivity contribution in [2.24, 2.45) is 0 Å². The molecule has 1 heterocycles. The average Bonchev–Trinajstić information content (AvgIpc) is 2.91. The molecular formula is C19H17Cl2N3O3. The van der Waals surface area contributed by atoms with E-state index in [9.17, 15) is 14.4 Å². The number of benzene rings is 2. The maximum absolute atomic E-state index is 12.6. The van der Waals surface area contributed by atoms with Gasteiger partial charge < -0.3 is 0 Å². The van der Waals surface area contributed by atoms with Gasteiger partial charge in [-0.15, -0.1) is 0 Å². The topological polar surface area (TPSA) is 78.5 Å². The number of nitrogens with one attached hydrogen (secondary N) is 2. The summed E-state index contributed by atoms with van der Waals surface area (Å²) in [6, 6.07) is 11.1. The molecule has 27 heavy (non-hydrogen) atoms. The number of nitrogens with zero attached hydrogens (tertiary/aromatic N) is 1. The van der Waals surface area contributed by atoms with Gasteiger partial charge in [-0.3, -0.25) is 19.8 Å². The van der Waals surface area contributed by atoms with Crippen LogP contribution in [0.5, 0.6) is 0 Å². The van der Waals surface area contributed by atoms with E-state index in [-0.39, 0.29) is 24.7 Å². The fourth-order valence-corrected chi connectivity index (χ4v) is 3.13. The van der Waals surface area contributed by atoms with Gasteiger partial charge >= 0.3 is 0 Å². The van der Waals surface area contributed by atoms with Crippen LogP contribution in [0.4, 0.5) is 5.69 Å². The third-order valence-corrected chi connectivity index (χ3v) is 4.95. The molecule has 0 unspecified atom stereocenters. The van der Waals surface area contributed by atoms with E-state index >= 15 is 0 Å². The lowest BCUT2D eigenvalue weighted by Crippen LogP contribution is -2.48. The Balaban J connectivity index is 1.62. The number of hydrogen-bond acceptors (Lipinski definition) is 4. The van der Waals surface area contributed by atoms with Crippen molar-refractivity contribution in [2.45, 2.75) is 25.8 Å². The fraction of sp³-hybridized carbons (Fsp3) is 0.211. The van der Waals surface area contributed by atoms with Crippen molar-refractivity contribution in [3.8, 4) is 0 Å². The Bertz CT molecular complexity index is 900. The Hall–Kier alpha value is -2.41. The Morgan fingerprint density at radius 3 is 2.56 bits per heavy atom. The number of halogens is 2. The Morgan fingerprint density at radius 2 is 1.85 bits per heavy atom. The minimum Gasteiger partial charge on any atom is -0.291 e. The first-order valence-corrected chi connectivity index (χ1v) is 9.03. The molecule has 8 heteroatoms. The summed E-state index contributed by atoms with van der Waals surface area (Å²) >= 11 is 11.9. The quantitative estimate of drug-likeness (QED) is 0.592. The highest BCUT2D eigenvalue weighted by atomic mass is 35.5. The first kappa shape index (κ1) is 19.4. The van der Waals surface area contributed by atoms with E-state index in [1.807, 2.05) is 0 Å². The van der Waals surface area contributed by atoms with Crippen molar-refractivity contribution in [1.29, 1.82) is 0 Å². The molecule has 2 N–H and O–H groups in total. The summed E-state index contributed by atoms with van der Waals surface area (Å²) in [5.41, 5.74) is 7.03. The lowest BCUT2D eigenvalue weighted by molar-refractivity contribution is -0.122. The maximum Gasteiger partial charge on any atom is 0.253 e. The first-order valence-electron chi connectivity index (χ1n) is 8.27. The van der Waals surface area contributed by atoms with E-state index in [4.69, 9.17) is 23.2 Å². The molecule has 0 aromatic heterocycles. The van der Waals surface area contributed by atoms with Crippen molar-refractivity contribution >= 4 is 46.6 Å². The number of hydrazine groups is 1. The van der Waals surface area contributed by atoms with Crippen LogP contribution in [0, 0.1) is 6.92 Å². The zero-order valence-corrected chi connectivity index (χ0v) is 16.0. The lowest BCUT2D eigenvalue weighted by Gasteiger charge is -2.18. The SMILES string of the molecule is Cc1c(Cl)cccc1N1C(=O)C[C@H](NNC(=O)Cc2ccc(Cl)cc2)C1=O. The van der Waals surface area contributed by atoms with Crippen molar-refractivity contribution in [2.75, 3.05) is 4.90 Å². The van der Waals surface area contributed by atoms with Gasteiger partial charge in [-0.05, 0) is 42.3 Å². The zero-order valence-electron chi connectivity index (χ0n) is 14.5. The predicted octanol–water partition coefficient (Wildman–Crippen LogP) is 2.80. The van der Waals surface area contributed by atoms with E-state index in [0.29, 0.717) is 21.3 Å². The van der Waals surface area contributed by atoms with Crippen LogP contribution in [-0.4, -0.2) is 23.8 Å². The largest absolute Gasteiger partial charge is 0.291 e. The molecular weight excluding hydrogens is 389 g/mol. The number of carbonyl (C=O) groups excluding carboxylic acids is 3. The van der Waals surface area contributed by atoms with Gasteiger partial charge in [-0.2, -0.15) is 0 Å². The minimum atomic E-state index is -0.829. The van der Waals surface area contributed by atoms with Crippen LogP contribution in [0.1, 0.15) is 17.5 Å². The molecule has 140 valence electrons. The van der Waals surface area contributed by atoms with Crippen molar-refractivity contribution in [1.82, 2.24) is 10.9 Å². The maximum atomic E-state index is 12.6. The van der Waals surface area contributed by atoms with Crippen LogP contribution < -0.4 is 15.8 Å². The average molecular weight is 406 g/mol. The van der Waals surface area contributed by atoms with Gasteiger partial charge in [0.25, 0.3) is 5.91 Å². The summed E-state index contributed by atoms with van der Waals surface area (Å²) in [6.07, 6.45) is 0.0716. The molecule has 1 saturated heterocycles. The zero-order chi connectivity index (χ0) is 19.6. The second kappa shape index (κ2) is 8.08. The second-order valence-corrected chi connectivity index (χ2v) is 7.05. The molecule has 1 fully saturated rings. The highest BCUT2D eigenvalue weighted by molar-refractivity contribution is 6.32. The first-order chi connectivity index (χ1) is 12.9. The summed E-state index contributed by atoms with van der Waals surface area (Å²) in [7, 11) is 0. The molecule has 0 saturated carbocycles. The Labute approximate surface area is 166 Å². The molecule has 3 amide bonds. The molecule has 1 aliphatic heterocycles. The van der Waals surface area contributed by atoms with E-state index in [1.54, 1.807) is 49.4 Å². The van der Waals surface area contributed by atoms with Crippen LogP contribution in [0.3, 0.4) is 0 Å². The molecule has 0 bridgehead atoms. The van der Waals surface area contributed by atoms with Gasteiger partial charge in [-0.1, -0.05) is 41.4 Å². The summed E-state index contributed by atoms with van der Waals surface area (Å²) in [5, 5.41) is 1.06. The van der Waals surface area contributed by atoms with Crippen LogP contribution in [-0.2, 0) is 20.8 Å². The van der Waals surface area contributed by atoms with Gasteiger partial charge in [-0.25, -0.2) is 10.3 Å². The molecule has 0 aliphatic carbocycles. The van der Waals surface area contributed by atoms with E-state index in [2.05, 4.69) is 10.9 Å². The van der Waals surface area contributed by atoms with Gasteiger partial charge in [0, 0.05) is 10.0 Å². The number of imide groups is 1.